The molecule has 104 valence electrons. The monoisotopic (exact) mass is 268 g/mol. The molecular weight excluding hydrogens is 248 g/mol. The fraction of sp³-hybridized carbons (Fsp3) is 0.235. The van der Waals surface area contributed by atoms with Gasteiger partial charge < -0.3 is 11.1 Å². The van der Waals surface area contributed by atoms with Crippen LogP contribution in [0.4, 0.5) is 11.4 Å². The molecule has 0 atom stereocenters. The van der Waals surface area contributed by atoms with E-state index < -0.39 is 0 Å². The summed E-state index contributed by atoms with van der Waals surface area (Å²) in [6.45, 7) is 5.98. The number of anilines is 2. The molecule has 0 aromatic heterocycles. The molecule has 3 N–H and O–H groups in total. The Morgan fingerprint density at radius 1 is 1.15 bits per heavy atom. The van der Waals surface area contributed by atoms with Gasteiger partial charge in [0.25, 0.3) is 5.91 Å². The fourth-order valence-electron chi connectivity index (χ4n) is 2.20. The van der Waals surface area contributed by atoms with E-state index in [0.29, 0.717) is 11.3 Å². The molecule has 2 rings (SSSR count). The molecule has 0 saturated carbocycles. The summed E-state index contributed by atoms with van der Waals surface area (Å²) in [5.74, 6) is -0.0999. The van der Waals surface area contributed by atoms with Crippen molar-refractivity contribution >= 4 is 17.3 Å². The first-order valence-corrected chi connectivity index (χ1v) is 6.79. The molecule has 1 amide bonds. The fourth-order valence-corrected chi connectivity index (χ4v) is 2.20. The average Bonchev–Trinajstić information content (AvgIpc) is 2.44. The highest BCUT2D eigenvalue weighted by Crippen LogP contribution is 2.22. The maximum atomic E-state index is 12.3. The van der Waals surface area contributed by atoms with Crippen molar-refractivity contribution in [3.8, 4) is 0 Å². The van der Waals surface area contributed by atoms with Crippen LogP contribution in [0.25, 0.3) is 0 Å². The zero-order valence-corrected chi connectivity index (χ0v) is 12.2. The molecule has 0 heterocycles. The number of nitrogens with one attached hydrogen (secondary N) is 1. The Labute approximate surface area is 119 Å². The van der Waals surface area contributed by atoms with Crippen molar-refractivity contribution in [2.24, 2.45) is 0 Å². The molecule has 20 heavy (non-hydrogen) atoms. The minimum atomic E-state index is -0.0999. The molecule has 3 nitrogen and oxygen atoms in total. The zero-order chi connectivity index (χ0) is 14.7. The molecule has 0 bridgehead atoms. The highest BCUT2D eigenvalue weighted by atomic mass is 16.1. The van der Waals surface area contributed by atoms with Gasteiger partial charge in [-0.3, -0.25) is 4.79 Å². The minimum absolute atomic E-state index is 0.0999. The van der Waals surface area contributed by atoms with Gasteiger partial charge in [0.05, 0.1) is 0 Å². The summed E-state index contributed by atoms with van der Waals surface area (Å²) < 4.78 is 0. The minimum Gasteiger partial charge on any atom is -0.399 e. The van der Waals surface area contributed by atoms with Crippen LogP contribution in [0.15, 0.2) is 36.4 Å². The molecule has 2 aromatic carbocycles. The SMILES string of the molecule is CCc1cccc(C)c1NC(=O)c1ccc(N)c(C)c1. The van der Waals surface area contributed by atoms with Crippen molar-refractivity contribution in [3.05, 3.63) is 58.7 Å². The van der Waals surface area contributed by atoms with Gasteiger partial charge in [0, 0.05) is 16.9 Å². The number of nitrogen functional groups attached to an aromatic ring is 1. The molecule has 0 spiro atoms. The van der Waals surface area contributed by atoms with Crippen LogP contribution in [0.5, 0.6) is 0 Å². The van der Waals surface area contributed by atoms with Gasteiger partial charge in [-0.2, -0.15) is 0 Å². The predicted molar refractivity (Wildman–Crippen MR) is 84.1 cm³/mol. The van der Waals surface area contributed by atoms with Crippen molar-refractivity contribution in [1.82, 2.24) is 0 Å². The maximum absolute atomic E-state index is 12.3. The van der Waals surface area contributed by atoms with Gasteiger partial charge >= 0.3 is 0 Å². The lowest BCUT2D eigenvalue weighted by molar-refractivity contribution is 0.102. The van der Waals surface area contributed by atoms with Gasteiger partial charge in [0.1, 0.15) is 0 Å². The number of carbonyl (C=O) groups excluding carboxylic acids is 1. The number of amides is 1. The van der Waals surface area contributed by atoms with Crippen molar-refractivity contribution < 1.29 is 4.79 Å². The number of aryl methyl sites for hydroxylation is 3. The summed E-state index contributed by atoms with van der Waals surface area (Å²) in [6, 6.07) is 11.4. The number of nitrogens with two attached hydrogens (primary N) is 1. The molecule has 2 aromatic rings. The predicted octanol–water partition coefficient (Wildman–Crippen LogP) is 3.70. The number of hydrogen-bond donors (Lipinski definition) is 2. The molecule has 0 fully saturated rings. The van der Waals surface area contributed by atoms with E-state index in [4.69, 9.17) is 5.73 Å². The first-order valence-electron chi connectivity index (χ1n) is 6.79. The number of hydrogen-bond acceptors (Lipinski definition) is 2. The quantitative estimate of drug-likeness (QED) is 0.834. The summed E-state index contributed by atoms with van der Waals surface area (Å²) in [5, 5.41) is 3.01. The number of carbonyl (C=O) groups is 1. The van der Waals surface area contributed by atoms with Crippen molar-refractivity contribution in [2.75, 3.05) is 11.1 Å². The Bertz CT molecular complexity index is 647. The van der Waals surface area contributed by atoms with E-state index in [-0.39, 0.29) is 5.91 Å². The van der Waals surface area contributed by atoms with Crippen LogP contribution >= 0.6 is 0 Å². The van der Waals surface area contributed by atoms with Gasteiger partial charge in [-0.05, 0) is 55.2 Å². The van der Waals surface area contributed by atoms with Crippen LogP contribution in [0.2, 0.25) is 0 Å². The summed E-state index contributed by atoms with van der Waals surface area (Å²) >= 11 is 0. The molecule has 0 radical (unpaired) electrons. The second-order valence-electron chi connectivity index (χ2n) is 4.99. The second kappa shape index (κ2) is 5.78. The van der Waals surface area contributed by atoms with E-state index in [2.05, 4.69) is 12.2 Å². The van der Waals surface area contributed by atoms with E-state index in [1.807, 2.05) is 38.1 Å². The number of para-hydroxylation sites is 1. The van der Waals surface area contributed by atoms with Crippen molar-refractivity contribution in [3.63, 3.8) is 0 Å². The van der Waals surface area contributed by atoms with Crippen LogP contribution in [0, 0.1) is 13.8 Å². The van der Waals surface area contributed by atoms with E-state index in [0.717, 1.165) is 28.8 Å². The van der Waals surface area contributed by atoms with Crippen LogP contribution < -0.4 is 11.1 Å². The third kappa shape index (κ3) is 2.82. The molecule has 0 saturated heterocycles. The van der Waals surface area contributed by atoms with E-state index in [1.165, 1.54) is 0 Å². The van der Waals surface area contributed by atoms with Gasteiger partial charge in [-0.15, -0.1) is 0 Å². The molecule has 0 aliphatic rings. The smallest absolute Gasteiger partial charge is 0.255 e. The normalized spacial score (nSPS) is 10.3. The Kier molecular flexibility index (Phi) is 4.08. The first-order chi connectivity index (χ1) is 9.52. The first kappa shape index (κ1) is 14.1. The lowest BCUT2D eigenvalue weighted by Gasteiger charge is -2.13. The van der Waals surface area contributed by atoms with Gasteiger partial charge in [0.15, 0.2) is 0 Å². The topological polar surface area (TPSA) is 55.1 Å². The van der Waals surface area contributed by atoms with Crippen LogP contribution in [0.3, 0.4) is 0 Å². The largest absolute Gasteiger partial charge is 0.399 e. The molecule has 0 unspecified atom stereocenters. The van der Waals surface area contributed by atoms with E-state index in [9.17, 15) is 4.79 Å². The third-order valence-corrected chi connectivity index (χ3v) is 3.51. The van der Waals surface area contributed by atoms with Gasteiger partial charge in [-0.1, -0.05) is 25.1 Å². The average molecular weight is 268 g/mol. The highest BCUT2D eigenvalue weighted by molar-refractivity contribution is 6.05. The molecule has 0 aliphatic heterocycles. The van der Waals surface area contributed by atoms with Crippen LogP contribution in [-0.4, -0.2) is 5.91 Å². The number of rotatable bonds is 3. The Morgan fingerprint density at radius 3 is 2.55 bits per heavy atom. The molecular formula is C17H20N2O. The Morgan fingerprint density at radius 2 is 1.90 bits per heavy atom. The maximum Gasteiger partial charge on any atom is 0.255 e. The summed E-state index contributed by atoms with van der Waals surface area (Å²) in [5.41, 5.74) is 11.2. The number of benzene rings is 2. The summed E-state index contributed by atoms with van der Waals surface area (Å²) in [7, 11) is 0. The van der Waals surface area contributed by atoms with E-state index in [1.54, 1.807) is 12.1 Å². The second-order valence-corrected chi connectivity index (χ2v) is 4.99. The van der Waals surface area contributed by atoms with Gasteiger partial charge in [0.2, 0.25) is 0 Å². The Hall–Kier alpha value is -2.29. The zero-order valence-electron chi connectivity index (χ0n) is 12.2. The summed E-state index contributed by atoms with van der Waals surface area (Å²) in [6.07, 6.45) is 0.887. The van der Waals surface area contributed by atoms with E-state index >= 15 is 0 Å². The summed E-state index contributed by atoms with van der Waals surface area (Å²) in [4.78, 5) is 12.3. The lowest BCUT2D eigenvalue weighted by atomic mass is 10.0. The third-order valence-electron chi connectivity index (χ3n) is 3.51. The highest BCUT2D eigenvalue weighted by Gasteiger charge is 2.11. The van der Waals surface area contributed by atoms with Crippen molar-refractivity contribution in [2.45, 2.75) is 27.2 Å². The Balaban J connectivity index is 2.30. The van der Waals surface area contributed by atoms with Crippen LogP contribution in [0.1, 0.15) is 34.0 Å². The van der Waals surface area contributed by atoms with Gasteiger partial charge in [-0.25, -0.2) is 0 Å². The molecule has 3 heteroatoms. The van der Waals surface area contributed by atoms with Crippen molar-refractivity contribution in [1.29, 1.82) is 0 Å². The lowest BCUT2D eigenvalue weighted by Crippen LogP contribution is -2.14. The standard InChI is InChI=1S/C17H20N2O/c1-4-13-7-5-6-11(2)16(13)19-17(20)14-8-9-15(18)12(3)10-14/h5-10H,4,18H2,1-3H3,(H,19,20). The van der Waals surface area contributed by atoms with Crippen LogP contribution in [-0.2, 0) is 6.42 Å². The molecule has 0 aliphatic carbocycles.